The van der Waals surface area contributed by atoms with Crippen LogP contribution in [-0.4, -0.2) is 40.6 Å². The molecule has 1 aromatic heterocycles. The molecule has 0 saturated carbocycles. The molecule has 1 atom stereocenters. The molecule has 29 heavy (non-hydrogen) atoms. The molecular weight excluding hydrogens is 411 g/mol. The SMILES string of the molecule is Cc1ccc(OCC(O)Cn2c(C3CCOCC3)nc3ccccc32)c(Cl)c1.Cl. The Balaban J connectivity index is 0.00000240. The van der Waals surface area contributed by atoms with Crippen LogP contribution in [0.15, 0.2) is 42.5 Å². The van der Waals surface area contributed by atoms with Crippen molar-refractivity contribution in [3.05, 3.63) is 58.9 Å². The molecule has 0 spiro atoms. The summed E-state index contributed by atoms with van der Waals surface area (Å²) in [4.78, 5) is 4.87. The Morgan fingerprint density at radius 1 is 1.24 bits per heavy atom. The Hall–Kier alpha value is -1.79. The minimum absolute atomic E-state index is 0. The Labute approximate surface area is 182 Å². The number of hydrogen-bond acceptors (Lipinski definition) is 4. The lowest BCUT2D eigenvalue weighted by Crippen LogP contribution is -2.26. The maximum atomic E-state index is 10.7. The number of aliphatic hydroxyl groups is 1. The number of imidazole rings is 1. The van der Waals surface area contributed by atoms with Crippen molar-refractivity contribution in [1.29, 1.82) is 0 Å². The summed E-state index contributed by atoms with van der Waals surface area (Å²) in [6.07, 6.45) is 1.23. The van der Waals surface area contributed by atoms with Crippen molar-refractivity contribution in [2.75, 3.05) is 19.8 Å². The van der Waals surface area contributed by atoms with Gasteiger partial charge < -0.3 is 19.1 Å². The topological polar surface area (TPSA) is 56.5 Å². The van der Waals surface area contributed by atoms with Gasteiger partial charge in [-0.25, -0.2) is 4.98 Å². The third kappa shape index (κ3) is 5.04. The van der Waals surface area contributed by atoms with Gasteiger partial charge in [-0.15, -0.1) is 12.4 Å². The largest absolute Gasteiger partial charge is 0.489 e. The zero-order valence-electron chi connectivity index (χ0n) is 16.4. The molecule has 3 aromatic rings. The Kier molecular flexibility index (Phi) is 7.41. The highest BCUT2D eigenvalue weighted by Gasteiger charge is 2.24. The number of benzene rings is 2. The van der Waals surface area contributed by atoms with Crippen LogP contribution in [0, 0.1) is 6.92 Å². The standard InChI is InChI=1S/C22H25ClN2O3.ClH/c1-15-6-7-21(18(23)12-15)28-14-17(26)13-25-20-5-3-2-4-19(20)24-22(25)16-8-10-27-11-9-16;/h2-7,12,16-17,26H,8-11,13-14H2,1H3;1H. The molecule has 1 saturated heterocycles. The molecule has 5 nitrogen and oxygen atoms in total. The Morgan fingerprint density at radius 3 is 2.76 bits per heavy atom. The van der Waals surface area contributed by atoms with Crippen molar-refractivity contribution >= 4 is 35.0 Å². The Bertz CT molecular complexity index is 954. The van der Waals surface area contributed by atoms with Crippen molar-refractivity contribution in [2.24, 2.45) is 0 Å². The first kappa shape index (κ1) is 21.9. The number of aromatic nitrogens is 2. The van der Waals surface area contributed by atoms with E-state index in [4.69, 9.17) is 26.1 Å². The average molecular weight is 437 g/mol. The minimum Gasteiger partial charge on any atom is -0.489 e. The zero-order chi connectivity index (χ0) is 19.5. The van der Waals surface area contributed by atoms with E-state index in [1.807, 2.05) is 43.3 Å². The van der Waals surface area contributed by atoms with Gasteiger partial charge in [0, 0.05) is 19.1 Å². The van der Waals surface area contributed by atoms with Gasteiger partial charge in [-0.3, -0.25) is 0 Å². The van der Waals surface area contributed by atoms with E-state index in [9.17, 15) is 5.11 Å². The van der Waals surface area contributed by atoms with E-state index < -0.39 is 6.10 Å². The van der Waals surface area contributed by atoms with E-state index in [-0.39, 0.29) is 19.0 Å². The number of rotatable bonds is 6. The van der Waals surface area contributed by atoms with Gasteiger partial charge in [0.05, 0.1) is 22.6 Å². The predicted octanol–water partition coefficient (Wildman–Crippen LogP) is 4.75. The molecule has 2 heterocycles. The first-order chi connectivity index (χ1) is 13.6. The number of aryl methyl sites for hydroxylation is 1. The van der Waals surface area contributed by atoms with Crippen LogP contribution in [0.5, 0.6) is 5.75 Å². The van der Waals surface area contributed by atoms with Gasteiger partial charge in [-0.1, -0.05) is 29.8 Å². The summed E-state index contributed by atoms with van der Waals surface area (Å²) in [5.74, 6) is 1.96. The highest BCUT2D eigenvalue weighted by Crippen LogP contribution is 2.30. The van der Waals surface area contributed by atoms with Crippen LogP contribution < -0.4 is 4.74 Å². The van der Waals surface area contributed by atoms with Crippen LogP contribution in [-0.2, 0) is 11.3 Å². The fraction of sp³-hybridized carbons (Fsp3) is 0.409. The second kappa shape index (κ2) is 9.81. The molecular formula is C22H26Cl2N2O3. The molecule has 2 aromatic carbocycles. The summed E-state index contributed by atoms with van der Waals surface area (Å²) in [6, 6.07) is 13.7. The number of ether oxygens (including phenoxy) is 2. The highest BCUT2D eigenvalue weighted by atomic mass is 35.5. The summed E-state index contributed by atoms with van der Waals surface area (Å²) in [5.41, 5.74) is 3.07. The minimum atomic E-state index is -0.673. The first-order valence-electron chi connectivity index (χ1n) is 9.72. The van der Waals surface area contributed by atoms with E-state index in [0.717, 1.165) is 48.5 Å². The summed E-state index contributed by atoms with van der Waals surface area (Å²) in [5, 5.41) is 11.2. The van der Waals surface area contributed by atoms with E-state index >= 15 is 0 Å². The fourth-order valence-electron chi connectivity index (χ4n) is 3.73. The second-order valence-electron chi connectivity index (χ2n) is 7.35. The Morgan fingerprint density at radius 2 is 2.00 bits per heavy atom. The van der Waals surface area contributed by atoms with Crippen molar-refractivity contribution in [2.45, 2.75) is 38.3 Å². The van der Waals surface area contributed by atoms with Crippen LogP contribution in [0.1, 0.15) is 30.1 Å². The summed E-state index contributed by atoms with van der Waals surface area (Å²) in [6.45, 7) is 4.09. The normalized spacial score (nSPS) is 15.8. The molecule has 0 aliphatic carbocycles. The third-order valence-corrected chi connectivity index (χ3v) is 5.48. The van der Waals surface area contributed by atoms with Gasteiger partial charge in [-0.05, 0) is 49.6 Å². The lowest BCUT2D eigenvalue weighted by molar-refractivity contribution is 0.0780. The van der Waals surface area contributed by atoms with E-state index in [1.165, 1.54) is 0 Å². The van der Waals surface area contributed by atoms with Crippen LogP contribution in [0.4, 0.5) is 0 Å². The summed E-state index contributed by atoms with van der Waals surface area (Å²) in [7, 11) is 0. The molecule has 1 N–H and O–H groups in total. The van der Waals surface area contributed by atoms with Crippen molar-refractivity contribution < 1.29 is 14.6 Å². The first-order valence-corrected chi connectivity index (χ1v) is 10.1. The van der Waals surface area contributed by atoms with Gasteiger partial charge in [-0.2, -0.15) is 0 Å². The summed E-state index contributed by atoms with van der Waals surface area (Å²) >= 11 is 6.23. The van der Waals surface area contributed by atoms with E-state index in [1.54, 1.807) is 0 Å². The van der Waals surface area contributed by atoms with Gasteiger partial charge in [0.25, 0.3) is 0 Å². The molecule has 156 valence electrons. The lowest BCUT2D eigenvalue weighted by Gasteiger charge is -2.23. The smallest absolute Gasteiger partial charge is 0.138 e. The van der Waals surface area contributed by atoms with Crippen molar-refractivity contribution in [3.8, 4) is 5.75 Å². The molecule has 1 fully saturated rings. The quantitative estimate of drug-likeness (QED) is 0.605. The van der Waals surface area contributed by atoms with Crippen LogP contribution in [0.25, 0.3) is 11.0 Å². The van der Waals surface area contributed by atoms with Crippen LogP contribution in [0.2, 0.25) is 5.02 Å². The number of fused-ring (bicyclic) bond motifs is 1. The molecule has 4 rings (SSSR count). The molecule has 7 heteroatoms. The molecule has 0 radical (unpaired) electrons. The lowest BCUT2D eigenvalue weighted by atomic mass is 9.99. The molecule has 1 aliphatic heterocycles. The number of para-hydroxylation sites is 2. The maximum absolute atomic E-state index is 10.7. The highest BCUT2D eigenvalue weighted by molar-refractivity contribution is 6.32. The van der Waals surface area contributed by atoms with Crippen LogP contribution >= 0.6 is 24.0 Å². The van der Waals surface area contributed by atoms with Gasteiger partial charge in [0.2, 0.25) is 0 Å². The third-order valence-electron chi connectivity index (χ3n) is 5.18. The molecule has 1 unspecified atom stereocenters. The van der Waals surface area contributed by atoms with E-state index in [2.05, 4.69) is 10.6 Å². The number of hydrogen-bond donors (Lipinski definition) is 1. The zero-order valence-corrected chi connectivity index (χ0v) is 18.0. The number of aliphatic hydroxyl groups excluding tert-OH is 1. The van der Waals surface area contributed by atoms with Crippen molar-refractivity contribution in [1.82, 2.24) is 9.55 Å². The van der Waals surface area contributed by atoms with Crippen LogP contribution in [0.3, 0.4) is 0 Å². The van der Waals surface area contributed by atoms with Gasteiger partial charge in [0.1, 0.15) is 24.3 Å². The molecule has 1 aliphatic rings. The summed E-state index contributed by atoms with van der Waals surface area (Å²) < 4.78 is 13.4. The maximum Gasteiger partial charge on any atom is 0.138 e. The molecule has 0 bridgehead atoms. The second-order valence-corrected chi connectivity index (χ2v) is 7.76. The fourth-order valence-corrected chi connectivity index (χ4v) is 4.02. The molecule has 0 amide bonds. The van der Waals surface area contributed by atoms with E-state index in [0.29, 0.717) is 23.2 Å². The monoisotopic (exact) mass is 436 g/mol. The number of halogens is 2. The van der Waals surface area contributed by atoms with Crippen molar-refractivity contribution in [3.63, 3.8) is 0 Å². The van der Waals surface area contributed by atoms with Gasteiger partial charge in [0.15, 0.2) is 0 Å². The number of nitrogens with zero attached hydrogens (tertiary/aromatic N) is 2. The van der Waals surface area contributed by atoms with Gasteiger partial charge >= 0.3 is 0 Å². The average Bonchev–Trinajstić information content (AvgIpc) is 3.06. The predicted molar refractivity (Wildman–Crippen MR) is 117 cm³/mol.